The molecule has 0 radical (unpaired) electrons. The average molecular weight is 402 g/mol. The number of aryl methyl sites for hydroxylation is 1. The number of carbonyl (C=O) groups is 1. The maximum absolute atomic E-state index is 12.5. The summed E-state index contributed by atoms with van der Waals surface area (Å²) in [6.07, 6.45) is 2.00. The molecule has 0 saturated heterocycles. The van der Waals surface area contributed by atoms with Crippen LogP contribution in [0.15, 0.2) is 22.7 Å². The molecule has 0 fully saturated rings. The van der Waals surface area contributed by atoms with E-state index in [1.165, 1.54) is 16.8 Å². The molecule has 4 nitrogen and oxygen atoms in total. The second-order valence-electron chi connectivity index (χ2n) is 7.15. The smallest absolute Gasteiger partial charge is 0.256 e. The molecule has 5 heteroatoms. The van der Waals surface area contributed by atoms with Crippen molar-refractivity contribution in [3.05, 3.63) is 50.8 Å². The lowest BCUT2D eigenvalue weighted by Crippen LogP contribution is -2.12. The topological polar surface area (TPSA) is 48.1 Å². The maximum Gasteiger partial charge on any atom is 0.256 e. The Kier molecular flexibility index (Phi) is 4.89. The Labute approximate surface area is 157 Å². The van der Waals surface area contributed by atoms with E-state index in [0.29, 0.717) is 11.5 Å². The molecule has 25 heavy (non-hydrogen) atoms. The van der Waals surface area contributed by atoms with E-state index < -0.39 is 0 Å². The van der Waals surface area contributed by atoms with Gasteiger partial charge in [0.25, 0.3) is 5.91 Å². The summed E-state index contributed by atoms with van der Waals surface area (Å²) in [5.74, 6) is 0.324. The van der Waals surface area contributed by atoms with Crippen molar-refractivity contribution < 1.29 is 4.79 Å². The molecular weight excluding hydrogens is 378 g/mol. The highest BCUT2D eigenvalue weighted by atomic mass is 79.9. The Morgan fingerprint density at radius 1 is 1.28 bits per heavy atom. The number of anilines is 1. The summed E-state index contributed by atoms with van der Waals surface area (Å²) in [6.45, 7) is 7.38. The van der Waals surface area contributed by atoms with Gasteiger partial charge in [0.05, 0.1) is 11.3 Å². The molecule has 3 rings (SSSR count). The minimum absolute atomic E-state index is 0.0516. The van der Waals surface area contributed by atoms with Gasteiger partial charge in [-0.05, 0) is 56.3 Å². The van der Waals surface area contributed by atoms with E-state index in [-0.39, 0.29) is 5.91 Å². The lowest BCUT2D eigenvalue weighted by Gasteiger charge is -2.14. The Morgan fingerprint density at radius 3 is 2.64 bits per heavy atom. The molecule has 1 aliphatic heterocycles. The first-order valence-electron chi connectivity index (χ1n) is 8.47. The highest BCUT2D eigenvalue weighted by Crippen LogP contribution is 2.37. The van der Waals surface area contributed by atoms with Crippen molar-refractivity contribution in [3.8, 4) is 0 Å². The second-order valence-corrected chi connectivity index (χ2v) is 8.07. The first-order chi connectivity index (χ1) is 11.8. The van der Waals surface area contributed by atoms with Gasteiger partial charge in [0.1, 0.15) is 0 Å². The summed E-state index contributed by atoms with van der Waals surface area (Å²) < 4.78 is 0.958. The van der Waals surface area contributed by atoms with Crippen LogP contribution in [0.3, 0.4) is 0 Å². The number of hydrogen-bond acceptors (Lipinski definition) is 2. The fourth-order valence-electron chi connectivity index (χ4n) is 3.46. The number of amides is 1. The Hall–Kier alpha value is -1.85. The molecule has 2 aromatic rings. The number of nitrogens with one attached hydrogen (secondary N) is 2. The van der Waals surface area contributed by atoms with Crippen LogP contribution in [0.2, 0.25) is 0 Å². The number of carbonyl (C=O) groups excluding carboxylic acids is 1. The van der Waals surface area contributed by atoms with Gasteiger partial charge in [-0.15, -0.1) is 0 Å². The molecule has 0 spiro atoms. The van der Waals surface area contributed by atoms with E-state index in [0.717, 1.165) is 28.0 Å². The van der Waals surface area contributed by atoms with E-state index in [1.807, 2.05) is 24.3 Å². The number of aromatic nitrogens is 1. The third kappa shape index (κ3) is 3.44. The molecule has 2 heterocycles. The second kappa shape index (κ2) is 6.81. The van der Waals surface area contributed by atoms with Crippen LogP contribution >= 0.6 is 15.9 Å². The highest BCUT2D eigenvalue weighted by molar-refractivity contribution is 9.10. The van der Waals surface area contributed by atoms with Crippen LogP contribution in [0.25, 0.3) is 11.6 Å². The standard InChI is InChI=1S/C20H24BrN3O/c1-11(2)19-16(10-24(4)5)12(3)22-18(19)9-15-14-7-6-13(21)8-17(14)23-20(15)25/h6-9,11,22H,10H2,1-5H3,(H,23,25)/b15-9-. The summed E-state index contributed by atoms with van der Waals surface area (Å²) in [5, 5.41) is 2.95. The van der Waals surface area contributed by atoms with Crippen LogP contribution in [-0.4, -0.2) is 29.9 Å². The molecule has 0 bridgehead atoms. The number of rotatable bonds is 4. The van der Waals surface area contributed by atoms with Gasteiger partial charge in [-0.1, -0.05) is 35.8 Å². The van der Waals surface area contributed by atoms with Gasteiger partial charge in [-0.25, -0.2) is 0 Å². The van der Waals surface area contributed by atoms with Gasteiger partial charge in [0.2, 0.25) is 0 Å². The van der Waals surface area contributed by atoms with Crippen LogP contribution < -0.4 is 5.32 Å². The van der Waals surface area contributed by atoms with Gasteiger partial charge < -0.3 is 15.2 Å². The zero-order chi connectivity index (χ0) is 18.3. The van der Waals surface area contributed by atoms with E-state index in [9.17, 15) is 4.79 Å². The fourth-order valence-corrected chi connectivity index (χ4v) is 3.82. The van der Waals surface area contributed by atoms with Crippen LogP contribution in [0.1, 0.15) is 47.8 Å². The average Bonchev–Trinajstić information content (AvgIpc) is 2.96. The van der Waals surface area contributed by atoms with Crippen molar-refractivity contribution in [2.45, 2.75) is 33.2 Å². The van der Waals surface area contributed by atoms with Crippen LogP contribution in [0, 0.1) is 6.92 Å². The predicted molar refractivity (Wildman–Crippen MR) is 108 cm³/mol. The molecule has 0 unspecified atom stereocenters. The normalized spacial score (nSPS) is 15.4. The van der Waals surface area contributed by atoms with E-state index in [2.05, 4.69) is 66.0 Å². The van der Waals surface area contributed by atoms with Gasteiger partial charge >= 0.3 is 0 Å². The first kappa shape index (κ1) is 18.0. The van der Waals surface area contributed by atoms with Gasteiger partial charge in [-0.2, -0.15) is 0 Å². The third-order valence-corrected chi connectivity index (χ3v) is 4.99. The Balaban J connectivity index is 2.12. The molecule has 1 aromatic heterocycles. The third-order valence-electron chi connectivity index (χ3n) is 4.50. The van der Waals surface area contributed by atoms with E-state index >= 15 is 0 Å². The van der Waals surface area contributed by atoms with Crippen molar-refractivity contribution >= 4 is 39.2 Å². The molecular formula is C20H24BrN3O. The van der Waals surface area contributed by atoms with Gasteiger partial charge in [0.15, 0.2) is 0 Å². The van der Waals surface area contributed by atoms with Crippen LogP contribution in [-0.2, 0) is 11.3 Å². The monoisotopic (exact) mass is 401 g/mol. The molecule has 1 aliphatic rings. The van der Waals surface area contributed by atoms with Crippen molar-refractivity contribution in [3.63, 3.8) is 0 Å². The summed E-state index contributed by atoms with van der Waals surface area (Å²) in [7, 11) is 4.15. The lowest BCUT2D eigenvalue weighted by molar-refractivity contribution is -0.110. The Bertz CT molecular complexity index is 862. The summed E-state index contributed by atoms with van der Waals surface area (Å²) in [5.41, 5.74) is 7.32. The minimum Gasteiger partial charge on any atom is -0.359 e. The highest BCUT2D eigenvalue weighted by Gasteiger charge is 2.26. The van der Waals surface area contributed by atoms with Crippen molar-refractivity contribution in [1.82, 2.24) is 9.88 Å². The lowest BCUT2D eigenvalue weighted by atomic mass is 9.95. The van der Waals surface area contributed by atoms with Gasteiger partial charge in [0, 0.05) is 28.0 Å². The number of benzene rings is 1. The minimum atomic E-state index is -0.0516. The number of H-pyrrole nitrogens is 1. The molecule has 0 atom stereocenters. The largest absolute Gasteiger partial charge is 0.359 e. The fraction of sp³-hybridized carbons (Fsp3) is 0.350. The van der Waals surface area contributed by atoms with E-state index in [4.69, 9.17) is 0 Å². The predicted octanol–water partition coefficient (Wildman–Crippen LogP) is 4.76. The van der Waals surface area contributed by atoms with Crippen molar-refractivity contribution in [1.29, 1.82) is 0 Å². The molecule has 1 aromatic carbocycles. The first-order valence-corrected chi connectivity index (χ1v) is 9.26. The molecule has 0 aliphatic carbocycles. The number of halogens is 1. The van der Waals surface area contributed by atoms with Crippen LogP contribution in [0.5, 0.6) is 0 Å². The number of aromatic amines is 1. The summed E-state index contributed by atoms with van der Waals surface area (Å²) >= 11 is 3.46. The quantitative estimate of drug-likeness (QED) is 0.725. The molecule has 1 amide bonds. The zero-order valence-corrected chi connectivity index (χ0v) is 16.9. The zero-order valence-electron chi connectivity index (χ0n) is 15.3. The number of nitrogens with zero attached hydrogens (tertiary/aromatic N) is 1. The van der Waals surface area contributed by atoms with Crippen LogP contribution in [0.4, 0.5) is 5.69 Å². The van der Waals surface area contributed by atoms with E-state index in [1.54, 1.807) is 0 Å². The van der Waals surface area contributed by atoms with Crippen molar-refractivity contribution in [2.24, 2.45) is 0 Å². The SMILES string of the molecule is Cc1[nH]c(/C=C2\C(=O)Nc3cc(Br)ccc32)c(C(C)C)c1CN(C)C. The molecule has 2 N–H and O–H groups in total. The summed E-state index contributed by atoms with van der Waals surface area (Å²) in [4.78, 5) is 18.2. The van der Waals surface area contributed by atoms with Crippen molar-refractivity contribution in [2.75, 3.05) is 19.4 Å². The summed E-state index contributed by atoms with van der Waals surface area (Å²) in [6, 6.07) is 5.89. The molecule has 0 saturated carbocycles. The molecule has 132 valence electrons. The number of fused-ring (bicyclic) bond motifs is 1. The Morgan fingerprint density at radius 2 is 2.00 bits per heavy atom. The van der Waals surface area contributed by atoms with Gasteiger partial charge in [-0.3, -0.25) is 4.79 Å². The maximum atomic E-state index is 12.5. The number of hydrogen-bond donors (Lipinski definition) is 2.